The molecule has 0 aliphatic carbocycles. The molecule has 0 spiro atoms. The van der Waals surface area contributed by atoms with Gasteiger partial charge in [-0.25, -0.2) is 4.98 Å². The van der Waals surface area contributed by atoms with Crippen LogP contribution in [0.2, 0.25) is 0 Å². The summed E-state index contributed by atoms with van der Waals surface area (Å²) in [4.78, 5) is 7.11. The van der Waals surface area contributed by atoms with Crippen LogP contribution in [0.1, 0.15) is 24.1 Å². The summed E-state index contributed by atoms with van der Waals surface area (Å²) in [5.41, 5.74) is 3.33. The highest BCUT2D eigenvalue weighted by atomic mass is 16.3. The number of oxazole rings is 1. The molecule has 0 radical (unpaired) electrons. The average molecular weight is 299 g/mol. The fraction of sp³-hybridized carbons (Fsp3) is 0.500. The Morgan fingerprint density at radius 1 is 1.23 bits per heavy atom. The summed E-state index contributed by atoms with van der Waals surface area (Å²) in [5, 5.41) is 3.28. The first kappa shape index (κ1) is 15.3. The first-order valence-electron chi connectivity index (χ1n) is 8.13. The first-order valence-corrected chi connectivity index (χ1v) is 8.13. The van der Waals surface area contributed by atoms with E-state index in [1.807, 2.05) is 7.05 Å². The number of likely N-dealkylation sites (tertiary alicyclic amines) is 1. The highest BCUT2D eigenvalue weighted by molar-refractivity contribution is 5.53. The molecule has 1 aliphatic heterocycles. The van der Waals surface area contributed by atoms with Gasteiger partial charge in [-0.2, -0.15) is 0 Å². The van der Waals surface area contributed by atoms with E-state index in [0.29, 0.717) is 0 Å². The van der Waals surface area contributed by atoms with Gasteiger partial charge >= 0.3 is 0 Å². The molecular formula is C18H25N3O. The van der Waals surface area contributed by atoms with E-state index in [2.05, 4.69) is 46.4 Å². The van der Waals surface area contributed by atoms with Gasteiger partial charge in [0.1, 0.15) is 6.26 Å². The molecule has 0 atom stereocenters. The van der Waals surface area contributed by atoms with Crippen LogP contribution in [-0.4, -0.2) is 36.6 Å². The summed E-state index contributed by atoms with van der Waals surface area (Å²) in [5.74, 6) is 1.54. The SMILES string of the molecule is CNCC1CCN(Cc2coc(-c3ccc(C)cc3)n2)CC1. The van der Waals surface area contributed by atoms with E-state index < -0.39 is 0 Å². The molecule has 4 heteroatoms. The number of benzene rings is 1. The Labute approximate surface area is 132 Å². The molecule has 0 unspecified atom stereocenters. The number of aryl methyl sites for hydroxylation is 1. The lowest BCUT2D eigenvalue weighted by molar-refractivity contribution is 0.175. The summed E-state index contributed by atoms with van der Waals surface area (Å²) < 4.78 is 5.64. The van der Waals surface area contributed by atoms with Crippen LogP contribution >= 0.6 is 0 Å². The Balaban J connectivity index is 1.57. The van der Waals surface area contributed by atoms with Crippen LogP contribution in [0.25, 0.3) is 11.5 Å². The van der Waals surface area contributed by atoms with Crippen molar-refractivity contribution in [1.29, 1.82) is 0 Å². The van der Waals surface area contributed by atoms with E-state index in [1.54, 1.807) is 6.26 Å². The molecule has 1 aliphatic rings. The van der Waals surface area contributed by atoms with Crippen LogP contribution < -0.4 is 5.32 Å². The Morgan fingerprint density at radius 2 is 1.95 bits per heavy atom. The first-order chi connectivity index (χ1) is 10.7. The van der Waals surface area contributed by atoms with Crippen LogP contribution in [0.3, 0.4) is 0 Å². The van der Waals surface area contributed by atoms with Crippen molar-refractivity contribution in [3.8, 4) is 11.5 Å². The van der Waals surface area contributed by atoms with Gasteiger partial charge in [-0.15, -0.1) is 0 Å². The third-order valence-corrected chi connectivity index (χ3v) is 4.44. The van der Waals surface area contributed by atoms with Gasteiger partial charge in [0.15, 0.2) is 0 Å². The van der Waals surface area contributed by atoms with E-state index in [9.17, 15) is 0 Å². The Kier molecular flexibility index (Phi) is 4.90. The molecule has 1 aromatic carbocycles. The van der Waals surface area contributed by atoms with Crippen molar-refractivity contribution in [1.82, 2.24) is 15.2 Å². The summed E-state index contributed by atoms with van der Waals surface area (Å²) in [6.07, 6.45) is 4.34. The highest BCUT2D eigenvalue weighted by Crippen LogP contribution is 2.22. The number of nitrogens with zero attached hydrogens (tertiary/aromatic N) is 2. The largest absolute Gasteiger partial charge is 0.444 e. The Hall–Kier alpha value is -1.65. The second kappa shape index (κ2) is 7.07. The van der Waals surface area contributed by atoms with Crippen LogP contribution in [0.15, 0.2) is 34.9 Å². The summed E-state index contributed by atoms with van der Waals surface area (Å²) in [6, 6.07) is 8.31. The minimum Gasteiger partial charge on any atom is -0.444 e. The molecule has 118 valence electrons. The van der Waals surface area contributed by atoms with Gasteiger partial charge in [-0.3, -0.25) is 4.90 Å². The molecule has 0 saturated carbocycles. The lowest BCUT2D eigenvalue weighted by Gasteiger charge is -2.31. The zero-order chi connectivity index (χ0) is 15.4. The van der Waals surface area contributed by atoms with Gasteiger partial charge in [0.25, 0.3) is 0 Å². The van der Waals surface area contributed by atoms with Gasteiger partial charge in [-0.05, 0) is 64.5 Å². The molecule has 2 heterocycles. The monoisotopic (exact) mass is 299 g/mol. The molecule has 2 aromatic rings. The van der Waals surface area contributed by atoms with E-state index >= 15 is 0 Å². The quantitative estimate of drug-likeness (QED) is 0.921. The summed E-state index contributed by atoms with van der Waals surface area (Å²) >= 11 is 0. The van der Waals surface area contributed by atoms with Crippen molar-refractivity contribution in [2.24, 2.45) is 5.92 Å². The number of aromatic nitrogens is 1. The van der Waals surface area contributed by atoms with Crippen molar-refractivity contribution < 1.29 is 4.42 Å². The Morgan fingerprint density at radius 3 is 2.64 bits per heavy atom. The van der Waals surface area contributed by atoms with Crippen molar-refractivity contribution in [2.45, 2.75) is 26.3 Å². The number of hydrogen-bond donors (Lipinski definition) is 1. The van der Waals surface area contributed by atoms with Crippen molar-refractivity contribution in [3.63, 3.8) is 0 Å². The normalized spacial score (nSPS) is 17.0. The molecule has 22 heavy (non-hydrogen) atoms. The molecule has 1 N–H and O–H groups in total. The minimum absolute atomic E-state index is 0.722. The van der Waals surface area contributed by atoms with E-state index in [4.69, 9.17) is 4.42 Å². The van der Waals surface area contributed by atoms with Crippen LogP contribution in [0.5, 0.6) is 0 Å². The molecule has 1 aromatic heterocycles. The van der Waals surface area contributed by atoms with Crippen LogP contribution in [0.4, 0.5) is 0 Å². The summed E-state index contributed by atoms with van der Waals surface area (Å²) in [6.45, 7) is 6.41. The van der Waals surface area contributed by atoms with E-state index in [0.717, 1.165) is 49.2 Å². The zero-order valence-corrected chi connectivity index (χ0v) is 13.5. The average Bonchev–Trinajstić information content (AvgIpc) is 2.99. The lowest BCUT2D eigenvalue weighted by atomic mass is 9.97. The maximum atomic E-state index is 5.64. The second-order valence-electron chi connectivity index (χ2n) is 6.29. The maximum Gasteiger partial charge on any atom is 0.226 e. The second-order valence-corrected chi connectivity index (χ2v) is 6.29. The van der Waals surface area contributed by atoms with E-state index in [1.165, 1.54) is 18.4 Å². The number of piperidine rings is 1. The van der Waals surface area contributed by atoms with Gasteiger partial charge in [0, 0.05) is 12.1 Å². The Bertz CT molecular complexity index is 583. The van der Waals surface area contributed by atoms with Crippen LogP contribution in [-0.2, 0) is 6.54 Å². The van der Waals surface area contributed by atoms with Crippen LogP contribution in [0, 0.1) is 12.8 Å². The predicted molar refractivity (Wildman–Crippen MR) is 88.6 cm³/mol. The van der Waals surface area contributed by atoms with E-state index in [-0.39, 0.29) is 0 Å². The maximum absolute atomic E-state index is 5.64. The molecule has 1 saturated heterocycles. The topological polar surface area (TPSA) is 41.3 Å². The smallest absolute Gasteiger partial charge is 0.226 e. The number of rotatable bonds is 5. The van der Waals surface area contributed by atoms with Crippen molar-refractivity contribution in [2.75, 3.05) is 26.7 Å². The van der Waals surface area contributed by atoms with Gasteiger partial charge < -0.3 is 9.73 Å². The third-order valence-electron chi connectivity index (χ3n) is 4.44. The highest BCUT2D eigenvalue weighted by Gasteiger charge is 2.19. The molecule has 0 bridgehead atoms. The van der Waals surface area contributed by atoms with Gasteiger partial charge in [0.2, 0.25) is 5.89 Å². The molecular weight excluding hydrogens is 274 g/mol. The minimum atomic E-state index is 0.722. The van der Waals surface area contributed by atoms with Gasteiger partial charge in [0.05, 0.1) is 5.69 Å². The standard InChI is InChI=1S/C18H25N3O/c1-14-3-5-16(6-4-14)18-20-17(13-22-18)12-21-9-7-15(8-10-21)11-19-2/h3-6,13,15,19H,7-12H2,1-2H3. The lowest BCUT2D eigenvalue weighted by Crippen LogP contribution is -2.36. The summed E-state index contributed by atoms with van der Waals surface area (Å²) in [7, 11) is 2.04. The number of nitrogens with one attached hydrogen (secondary N) is 1. The van der Waals surface area contributed by atoms with Gasteiger partial charge in [-0.1, -0.05) is 17.7 Å². The molecule has 4 nitrogen and oxygen atoms in total. The fourth-order valence-electron chi connectivity index (χ4n) is 3.07. The predicted octanol–water partition coefficient (Wildman–Crippen LogP) is 3.08. The van der Waals surface area contributed by atoms with Crippen molar-refractivity contribution in [3.05, 3.63) is 41.8 Å². The third kappa shape index (κ3) is 3.76. The number of hydrogen-bond acceptors (Lipinski definition) is 4. The molecule has 1 fully saturated rings. The molecule has 0 amide bonds. The van der Waals surface area contributed by atoms with Crippen molar-refractivity contribution >= 4 is 0 Å². The molecule has 3 rings (SSSR count). The zero-order valence-electron chi connectivity index (χ0n) is 13.5. The fourth-order valence-corrected chi connectivity index (χ4v) is 3.07.